The second-order valence-electron chi connectivity index (χ2n) is 7.29. The lowest BCUT2D eigenvalue weighted by Gasteiger charge is -2.20. The number of nitrogens with zero attached hydrogens (tertiary/aromatic N) is 2. The molecule has 2 N–H and O–H groups in total. The van der Waals surface area contributed by atoms with Crippen LogP contribution in [0.1, 0.15) is 24.7 Å². The van der Waals surface area contributed by atoms with Gasteiger partial charge < -0.3 is 5.11 Å². The molecule has 2 aromatic heterocycles. The summed E-state index contributed by atoms with van der Waals surface area (Å²) in [4.78, 5) is 12.0. The third-order valence-corrected chi connectivity index (χ3v) is 8.38. The highest BCUT2D eigenvalue weighted by atomic mass is 32.2. The molecular formula is C18H15F3N3O5S2+. The minimum Gasteiger partial charge on any atom is -0.480 e. The van der Waals surface area contributed by atoms with Gasteiger partial charge in [-0.25, -0.2) is 8.42 Å². The average Bonchev–Trinajstić information content (AvgIpc) is 3.12. The number of benzene rings is 1. The van der Waals surface area contributed by atoms with E-state index >= 15 is 0 Å². The van der Waals surface area contributed by atoms with Gasteiger partial charge in [0.25, 0.3) is 21.2 Å². The fourth-order valence-corrected chi connectivity index (χ4v) is 6.15. The first-order chi connectivity index (χ1) is 14.4. The van der Waals surface area contributed by atoms with Gasteiger partial charge in [0.2, 0.25) is 5.27 Å². The molecule has 1 saturated carbocycles. The van der Waals surface area contributed by atoms with Crippen LogP contribution in [0.3, 0.4) is 0 Å². The molecular weight excluding hydrogens is 459 g/mol. The molecule has 0 saturated heterocycles. The van der Waals surface area contributed by atoms with E-state index in [9.17, 15) is 31.5 Å². The molecule has 31 heavy (non-hydrogen) atoms. The van der Waals surface area contributed by atoms with Crippen LogP contribution in [0.4, 0.5) is 13.2 Å². The van der Waals surface area contributed by atoms with E-state index in [-0.39, 0.29) is 15.6 Å². The van der Waals surface area contributed by atoms with E-state index in [1.165, 1.54) is 6.07 Å². The number of aromatic nitrogens is 2. The molecule has 0 amide bonds. The Morgan fingerprint density at radius 2 is 1.94 bits per heavy atom. The zero-order chi connectivity index (χ0) is 22.7. The SMILES string of the molecule is C[C@]1(c2ccccc2)C[C@@]1(NS(=O)(=O)c1ccc(-[n+]2cc(C(F)(F)F)on2)s1)C(=O)O. The van der Waals surface area contributed by atoms with E-state index in [2.05, 4.69) is 14.5 Å². The van der Waals surface area contributed by atoms with Crippen LogP contribution in [0.2, 0.25) is 0 Å². The summed E-state index contributed by atoms with van der Waals surface area (Å²) in [6.07, 6.45) is -4.11. The molecule has 1 aliphatic carbocycles. The molecule has 164 valence electrons. The van der Waals surface area contributed by atoms with Crippen molar-refractivity contribution in [2.24, 2.45) is 0 Å². The van der Waals surface area contributed by atoms with Crippen molar-refractivity contribution in [3.8, 4) is 5.00 Å². The third kappa shape index (κ3) is 3.51. The van der Waals surface area contributed by atoms with Crippen molar-refractivity contribution in [3.63, 3.8) is 0 Å². The van der Waals surface area contributed by atoms with E-state index in [0.717, 1.165) is 10.7 Å². The van der Waals surface area contributed by atoms with Gasteiger partial charge in [-0.3, -0.25) is 9.32 Å². The number of carbonyl (C=O) groups is 1. The van der Waals surface area contributed by atoms with E-state index < -0.39 is 38.9 Å². The molecule has 13 heteroatoms. The summed E-state index contributed by atoms with van der Waals surface area (Å²) in [7, 11) is -4.29. The van der Waals surface area contributed by atoms with Gasteiger partial charge in [-0.15, -0.1) is 0 Å². The van der Waals surface area contributed by atoms with Crippen molar-refractivity contribution in [3.05, 3.63) is 60.0 Å². The smallest absolute Gasteiger partial charge is 0.458 e. The molecule has 0 bridgehead atoms. The number of halogens is 3. The summed E-state index contributed by atoms with van der Waals surface area (Å²) < 4.78 is 70.9. The van der Waals surface area contributed by atoms with Gasteiger partial charge in [-0.2, -0.15) is 17.9 Å². The van der Waals surface area contributed by atoms with Crippen LogP contribution < -0.4 is 9.40 Å². The van der Waals surface area contributed by atoms with E-state index in [4.69, 9.17) is 0 Å². The van der Waals surface area contributed by atoms with Crippen molar-refractivity contribution in [2.45, 2.75) is 34.7 Å². The number of hydrogen-bond acceptors (Lipinski definition) is 6. The van der Waals surface area contributed by atoms with Crippen LogP contribution >= 0.6 is 11.3 Å². The fourth-order valence-electron chi connectivity index (χ4n) is 3.48. The number of carboxylic acid groups (broad SMARTS) is 1. The van der Waals surface area contributed by atoms with E-state index in [1.807, 2.05) is 0 Å². The first-order valence-corrected chi connectivity index (χ1v) is 11.1. The van der Waals surface area contributed by atoms with Crippen molar-refractivity contribution >= 4 is 27.3 Å². The van der Waals surface area contributed by atoms with Crippen molar-refractivity contribution < 1.29 is 40.7 Å². The summed E-state index contributed by atoms with van der Waals surface area (Å²) >= 11 is 0.623. The molecule has 2 atom stereocenters. The Balaban J connectivity index is 1.63. The molecule has 4 rings (SSSR count). The molecule has 3 aromatic rings. The standard InChI is InChI=1S/C18H14F3N3O5S2/c1-16(11-5-3-2-4-6-11)10-17(16,15(25)26)22-31(27,28)14-8-7-13(30-14)24-9-12(29-23-24)18(19,20)21/h2-9,22H,10H2,1H3/p+1/t16-,17-/m1/s1. The molecule has 0 spiro atoms. The van der Waals surface area contributed by atoms with Gasteiger partial charge in [0.15, 0.2) is 0 Å². The zero-order valence-corrected chi connectivity index (χ0v) is 17.4. The van der Waals surface area contributed by atoms with Crippen LogP contribution in [-0.2, 0) is 26.4 Å². The number of hydrogen-bond donors (Lipinski definition) is 2. The molecule has 0 radical (unpaired) electrons. The normalized spacial score (nSPS) is 23.6. The van der Waals surface area contributed by atoms with Crippen LogP contribution in [0, 0.1) is 0 Å². The second kappa shape index (κ2) is 6.87. The third-order valence-electron chi connectivity index (χ3n) is 5.32. The second-order valence-corrected chi connectivity index (χ2v) is 10.3. The molecule has 1 fully saturated rings. The molecule has 1 aliphatic rings. The maximum atomic E-state index is 12.9. The molecule has 0 unspecified atom stereocenters. The molecule has 2 heterocycles. The number of alkyl halides is 3. The number of nitrogens with one attached hydrogen (secondary N) is 1. The Bertz CT molecular complexity index is 1260. The lowest BCUT2D eigenvalue weighted by Crippen LogP contribution is -2.47. The molecule has 0 aliphatic heterocycles. The van der Waals surface area contributed by atoms with Crippen LogP contribution in [0.5, 0.6) is 0 Å². The molecule has 8 nitrogen and oxygen atoms in total. The number of rotatable bonds is 6. The van der Waals surface area contributed by atoms with Crippen LogP contribution in [0.25, 0.3) is 5.00 Å². The lowest BCUT2D eigenvalue weighted by atomic mass is 9.93. The monoisotopic (exact) mass is 474 g/mol. The topological polar surface area (TPSA) is 113 Å². The average molecular weight is 474 g/mol. The van der Waals surface area contributed by atoms with Gasteiger partial charge >= 0.3 is 17.9 Å². The highest BCUT2D eigenvalue weighted by molar-refractivity contribution is 7.91. The highest BCUT2D eigenvalue weighted by Crippen LogP contribution is 2.58. The number of aliphatic carboxylic acids is 1. The largest absolute Gasteiger partial charge is 0.480 e. The number of carboxylic acids is 1. The maximum Gasteiger partial charge on any atom is 0.458 e. The van der Waals surface area contributed by atoms with Crippen molar-refractivity contribution in [2.75, 3.05) is 0 Å². The van der Waals surface area contributed by atoms with Crippen LogP contribution in [0.15, 0.2) is 57.4 Å². The first-order valence-electron chi connectivity index (χ1n) is 8.78. The Morgan fingerprint density at radius 1 is 1.26 bits per heavy atom. The van der Waals surface area contributed by atoms with Gasteiger partial charge in [-0.1, -0.05) is 48.6 Å². The van der Waals surface area contributed by atoms with Gasteiger partial charge in [-0.05, 0) is 22.7 Å². The predicted octanol–water partition coefficient (Wildman–Crippen LogP) is 2.49. The fraction of sp³-hybridized carbons (Fsp3) is 0.278. The summed E-state index contributed by atoms with van der Waals surface area (Å²) in [6, 6.07) is 11.1. The Labute approximate surface area is 177 Å². The summed E-state index contributed by atoms with van der Waals surface area (Å²) in [5.74, 6) is -2.66. The van der Waals surface area contributed by atoms with Crippen molar-refractivity contribution in [1.82, 2.24) is 9.99 Å². The van der Waals surface area contributed by atoms with Gasteiger partial charge in [0.1, 0.15) is 9.75 Å². The zero-order valence-electron chi connectivity index (χ0n) is 15.8. The number of thiophene rings is 1. The first kappa shape index (κ1) is 21.5. The number of sulfonamides is 1. The maximum absolute atomic E-state index is 12.9. The molecule has 1 aromatic carbocycles. The van der Waals surface area contributed by atoms with Crippen molar-refractivity contribution in [1.29, 1.82) is 0 Å². The van der Waals surface area contributed by atoms with Gasteiger partial charge in [0.05, 0.1) is 0 Å². The Kier molecular flexibility index (Phi) is 4.75. The summed E-state index contributed by atoms with van der Waals surface area (Å²) in [5.41, 5.74) is -2.04. The highest BCUT2D eigenvalue weighted by Gasteiger charge is 2.72. The van der Waals surface area contributed by atoms with Gasteiger partial charge in [0, 0.05) is 11.5 Å². The summed E-state index contributed by atoms with van der Waals surface area (Å²) in [6.45, 7) is 1.66. The minimum absolute atomic E-state index is 0.0454. The van der Waals surface area contributed by atoms with E-state index in [1.54, 1.807) is 37.3 Å². The van der Waals surface area contributed by atoms with Crippen LogP contribution in [-0.4, -0.2) is 30.3 Å². The Morgan fingerprint density at radius 3 is 2.52 bits per heavy atom. The Hall–Kier alpha value is -2.77. The lowest BCUT2D eigenvalue weighted by molar-refractivity contribution is -0.666. The minimum atomic E-state index is -4.74. The van der Waals surface area contributed by atoms with E-state index in [0.29, 0.717) is 23.1 Å². The summed E-state index contributed by atoms with van der Waals surface area (Å²) in [5, 5.41) is 13.1. The predicted molar refractivity (Wildman–Crippen MR) is 100 cm³/mol. The quantitative estimate of drug-likeness (QED) is 0.531.